The zero-order chi connectivity index (χ0) is 40.0. The highest BCUT2D eigenvalue weighted by molar-refractivity contribution is 7.86. The van der Waals surface area contributed by atoms with E-state index in [0.29, 0.717) is 24.1 Å². The van der Waals surface area contributed by atoms with Crippen molar-refractivity contribution in [3.05, 3.63) is 53.1 Å². The Hall–Kier alpha value is -2.97. The van der Waals surface area contributed by atoms with Gasteiger partial charge in [-0.3, -0.25) is 14.1 Å². The van der Waals surface area contributed by atoms with Crippen LogP contribution in [0.25, 0.3) is 12.2 Å². The van der Waals surface area contributed by atoms with E-state index in [2.05, 4.69) is 24.5 Å². The summed E-state index contributed by atoms with van der Waals surface area (Å²) >= 11 is 0. The number of hydrogen-bond donors (Lipinski definition) is 3. The molecule has 0 bridgehead atoms. The SMILES string of the molecule is CCCCCCCCCCCCCCCC(=O)Nc1ccc(/C=C/c2ccc(NC(=O)CCCCCCCCCCCCCCC)cc2S(=O)(=O)O)c(C)c1. The highest BCUT2D eigenvalue weighted by Gasteiger charge is 2.16. The Bertz CT molecular complexity index is 1490. The fourth-order valence-corrected chi connectivity index (χ4v) is 7.86. The van der Waals surface area contributed by atoms with Gasteiger partial charge in [0.1, 0.15) is 4.90 Å². The molecule has 0 heterocycles. The van der Waals surface area contributed by atoms with Crippen molar-refractivity contribution in [3.8, 4) is 0 Å². The molecule has 0 saturated carbocycles. The Labute approximate surface area is 336 Å². The first-order valence-electron chi connectivity index (χ1n) is 22.1. The molecule has 8 heteroatoms. The summed E-state index contributed by atoms with van der Waals surface area (Å²) in [6.07, 6.45) is 36.9. The van der Waals surface area contributed by atoms with Crippen LogP contribution in [0.2, 0.25) is 0 Å². The second kappa shape index (κ2) is 30.2. The van der Waals surface area contributed by atoms with E-state index in [-0.39, 0.29) is 16.7 Å². The summed E-state index contributed by atoms with van der Waals surface area (Å²) in [5.41, 5.74) is 3.14. The minimum absolute atomic E-state index is 0.0140. The van der Waals surface area contributed by atoms with Gasteiger partial charge in [-0.1, -0.05) is 192 Å². The van der Waals surface area contributed by atoms with Crippen LogP contribution in [0.5, 0.6) is 0 Å². The molecule has 55 heavy (non-hydrogen) atoms. The number of rotatable bonds is 33. The zero-order valence-electron chi connectivity index (χ0n) is 34.9. The number of nitrogens with one attached hydrogen (secondary N) is 2. The first-order chi connectivity index (χ1) is 26.6. The van der Waals surface area contributed by atoms with Crippen LogP contribution in [-0.2, 0) is 19.7 Å². The van der Waals surface area contributed by atoms with Gasteiger partial charge in [0.05, 0.1) is 0 Å². The van der Waals surface area contributed by atoms with E-state index in [1.165, 1.54) is 141 Å². The van der Waals surface area contributed by atoms with Gasteiger partial charge in [0.2, 0.25) is 11.8 Å². The van der Waals surface area contributed by atoms with Crippen LogP contribution in [0.1, 0.15) is 210 Å². The van der Waals surface area contributed by atoms with Gasteiger partial charge in [-0.25, -0.2) is 0 Å². The number of aryl methyl sites for hydroxylation is 1. The van der Waals surface area contributed by atoms with Crippen molar-refractivity contribution in [2.24, 2.45) is 0 Å². The summed E-state index contributed by atoms with van der Waals surface area (Å²) in [4.78, 5) is 24.9. The highest BCUT2D eigenvalue weighted by atomic mass is 32.2. The van der Waals surface area contributed by atoms with Gasteiger partial charge in [0.25, 0.3) is 10.1 Å². The maximum atomic E-state index is 12.6. The largest absolute Gasteiger partial charge is 0.326 e. The molecule has 0 aliphatic heterocycles. The monoisotopic (exact) mass is 781 g/mol. The molecule has 2 aromatic rings. The van der Waals surface area contributed by atoms with Gasteiger partial charge in [0.15, 0.2) is 0 Å². The van der Waals surface area contributed by atoms with Gasteiger partial charge in [-0.2, -0.15) is 8.42 Å². The van der Waals surface area contributed by atoms with Crippen LogP contribution in [-0.4, -0.2) is 24.8 Å². The van der Waals surface area contributed by atoms with Crippen LogP contribution in [0, 0.1) is 6.92 Å². The lowest BCUT2D eigenvalue weighted by atomic mass is 10.0. The van der Waals surface area contributed by atoms with Gasteiger partial charge in [-0.05, 0) is 60.7 Å². The molecule has 0 radical (unpaired) electrons. The van der Waals surface area contributed by atoms with Crippen molar-refractivity contribution in [1.82, 2.24) is 0 Å². The van der Waals surface area contributed by atoms with Crippen LogP contribution < -0.4 is 10.6 Å². The lowest BCUT2D eigenvalue weighted by molar-refractivity contribution is -0.117. The summed E-state index contributed by atoms with van der Waals surface area (Å²) < 4.78 is 34.6. The van der Waals surface area contributed by atoms with E-state index in [1.807, 2.05) is 25.1 Å². The molecule has 310 valence electrons. The summed E-state index contributed by atoms with van der Waals surface area (Å²) in [5, 5.41) is 5.80. The highest BCUT2D eigenvalue weighted by Crippen LogP contribution is 2.25. The van der Waals surface area contributed by atoms with Crippen molar-refractivity contribution < 1.29 is 22.6 Å². The lowest BCUT2D eigenvalue weighted by Gasteiger charge is -2.10. The molecule has 2 rings (SSSR count). The van der Waals surface area contributed by atoms with E-state index >= 15 is 0 Å². The number of amides is 2. The lowest BCUT2D eigenvalue weighted by Crippen LogP contribution is -2.12. The van der Waals surface area contributed by atoms with Gasteiger partial charge >= 0.3 is 0 Å². The van der Waals surface area contributed by atoms with Crippen molar-refractivity contribution in [3.63, 3.8) is 0 Å². The molecule has 2 aromatic carbocycles. The molecule has 0 aromatic heterocycles. The fourth-order valence-electron chi connectivity index (χ4n) is 7.15. The Morgan fingerprint density at radius 1 is 0.509 bits per heavy atom. The van der Waals surface area contributed by atoms with Crippen molar-refractivity contribution in [1.29, 1.82) is 0 Å². The standard InChI is InChI=1S/C47H76N2O5S/c1-4-6-8-10-12-14-16-18-20-22-24-26-28-30-46(50)48-43-36-34-41(40(3)38-43)32-33-42-35-37-44(39-45(42)55(52,53)54)49-47(51)31-29-27-25-23-21-19-17-15-13-11-9-7-5-2/h32-39H,4-31H2,1-3H3,(H,48,50)(H,49,51)(H,52,53,54)/b33-32+. The normalized spacial score (nSPS) is 11.7. The fraction of sp³-hybridized carbons (Fsp3) is 0.660. The van der Waals surface area contributed by atoms with Gasteiger partial charge in [-0.15, -0.1) is 0 Å². The van der Waals surface area contributed by atoms with E-state index in [4.69, 9.17) is 0 Å². The van der Waals surface area contributed by atoms with Gasteiger partial charge < -0.3 is 10.6 Å². The second-order valence-electron chi connectivity index (χ2n) is 15.7. The summed E-state index contributed by atoms with van der Waals surface area (Å²) in [5.74, 6) is -0.153. The van der Waals surface area contributed by atoms with Crippen LogP contribution >= 0.6 is 0 Å². The number of anilines is 2. The van der Waals surface area contributed by atoms with Crippen molar-refractivity contribution in [2.75, 3.05) is 10.6 Å². The third-order valence-electron chi connectivity index (χ3n) is 10.6. The molecule has 7 nitrogen and oxygen atoms in total. The Morgan fingerprint density at radius 2 is 0.836 bits per heavy atom. The summed E-state index contributed by atoms with van der Waals surface area (Å²) in [6, 6.07) is 10.2. The van der Waals surface area contributed by atoms with Crippen LogP contribution in [0.15, 0.2) is 41.3 Å². The molecular formula is C47H76N2O5S. The quantitative estimate of drug-likeness (QED) is 0.0379. The van der Waals surface area contributed by atoms with E-state index in [1.54, 1.807) is 24.3 Å². The Morgan fingerprint density at radius 3 is 1.20 bits per heavy atom. The number of carbonyl (C=O) groups excluding carboxylic acids is 2. The minimum atomic E-state index is -4.54. The Kier molecular flexibility index (Phi) is 26.5. The molecule has 0 aliphatic carbocycles. The molecule has 0 atom stereocenters. The molecule has 3 N–H and O–H groups in total. The number of benzene rings is 2. The average Bonchev–Trinajstić information content (AvgIpc) is 3.15. The summed E-state index contributed by atoms with van der Waals surface area (Å²) in [7, 11) is -4.54. The number of unbranched alkanes of at least 4 members (excludes halogenated alkanes) is 24. The maximum absolute atomic E-state index is 12.6. The van der Waals surface area contributed by atoms with Crippen LogP contribution in [0.4, 0.5) is 11.4 Å². The molecular weight excluding hydrogens is 705 g/mol. The maximum Gasteiger partial charge on any atom is 0.295 e. The van der Waals surface area contributed by atoms with E-state index in [9.17, 15) is 22.6 Å². The zero-order valence-corrected chi connectivity index (χ0v) is 35.7. The predicted octanol–water partition coefficient (Wildman–Crippen LogP) is 14.3. The van der Waals surface area contributed by atoms with Gasteiger partial charge in [0, 0.05) is 24.2 Å². The molecule has 2 amide bonds. The van der Waals surface area contributed by atoms with E-state index < -0.39 is 10.1 Å². The van der Waals surface area contributed by atoms with E-state index in [0.717, 1.165) is 48.9 Å². The molecule has 0 fully saturated rings. The third-order valence-corrected chi connectivity index (χ3v) is 11.5. The average molecular weight is 781 g/mol. The number of hydrogen-bond acceptors (Lipinski definition) is 4. The summed E-state index contributed by atoms with van der Waals surface area (Å²) in [6.45, 7) is 6.44. The Balaban J connectivity index is 1.71. The second-order valence-corrected chi connectivity index (χ2v) is 17.1. The van der Waals surface area contributed by atoms with Crippen LogP contribution in [0.3, 0.4) is 0 Å². The predicted molar refractivity (Wildman–Crippen MR) is 234 cm³/mol. The van der Waals surface area contributed by atoms with Crippen molar-refractivity contribution >= 4 is 45.5 Å². The molecule has 0 unspecified atom stereocenters. The third kappa shape index (κ3) is 23.6. The molecule has 0 saturated heterocycles. The minimum Gasteiger partial charge on any atom is -0.326 e. The smallest absolute Gasteiger partial charge is 0.295 e. The topological polar surface area (TPSA) is 113 Å². The van der Waals surface area contributed by atoms with Crippen molar-refractivity contribution in [2.45, 2.75) is 205 Å². The number of carbonyl (C=O) groups is 2. The first kappa shape index (κ1) is 48.2. The molecule has 0 spiro atoms. The molecule has 0 aliphatic rings. The first-order valence-corrected chi connectivity index (χ1v) is 23.6.